The van der Waals surface area contributed by atoms with Crippen molar-refractivity contribution in [2.24, 2.45) is 0 Å². The first-order valence-corrected chi connectivity index (χ1v) is 9.19. The van der Waals surface area contributed by atoms with Crippen molar-refractivity contribution in [1.82, 2.24) is 9.38 Å². The van der Waals surface area contributed by atoms with Gasteiger partial charge in [0.2, 0.25) is 6.79 Å². The van der Waals surface area contributed by atoms with E-state index in [9.17, 15) is 9.90 Å². The highest BCUT2D eigenvalue weighted by Gasteiger charge is 2.20. The van der Waals surface area contributed by atoms with Gasteiger partial charge in [-0.3, -0.25) is 9.20 Å². The molecule has 2 aromatic heterocycles. The summed E-state index contributed by atoms with van der Waals surface area (Å²) < 4.78 is 12.8. The van der Waals surface area contributed by atoms with Crippen LogP contribution in [0.25, 0.3) is 27.5 Å². The number of carbonyl (C=O) groups is 1. The minimum atomic E-state index is -0.854. The quantitative estimate of drug-likeness (QED) is 0.579. The molecule has 0 amide bonds. The predicted molar refractivity (Wildman–Crippen MR) is 101 cm³/mol. The molecule has 7 heteroatoms. The van der Waals surface area contributed by atoms with E-state index in [1.165, 1.54) is 11.3 Å². The van der Waals surface area contributed by atoms with Crippen LogP contribution in [-0.4, -0.2) is 27.3 Å². The molecule has 1 aliphatic rings. The van der Waals surface area contributed by atoms with Crippen LogP contribution in [0.4, 0.5) is 0 Å². The van der Waals surface area contributed by atoms with Crippen molar-refractivity contribution in [3.63, 3.8) is 0 Å². The maximum absolute atomic E-state index is 11.3. The number of carboxylic acids is 1. The average Bonchev–Trinajstić information content (AvgIpc) is 3.35. The van der Waals surface area contributed by atoms with E-state index in [2.05, 4.69) is 0 Å². The number of benzene rings is 2. The van der Waals surface area contributed by atoms with Crippen LogP contribution in [0.2, 0.25) is 0 Å². The second kappa shape index (κ2) is 6.14. The summed E-state index contributed by atoms with van der Waals surface area (Å²) in [5, 5.41) is 9.27. The molecule has 0 atom stereocenters. The lowest BCUT2D eigenvalue weighted by Gasteiger charge is -2.04. The van der Waals surface area contributed by atoms with E-state index in [1.807, 2.05) is 59.1 Å². The lowest BCUT2D eigenvalue weighted by atomic mass is 10.1. The highest BCUT2D eigenvalue weighted by Crippen LogP contribution is 2.38. The Kier molecular flexibility index (Phi) is 3.61. The van der Waals surface area contributed by atoms with E-state index in [1.54, 1.807) is 0 Å². The number of hydrogen-bond acceptors (Lipinski definition) is 5. The zero-order valence-corrected chi connectivity index (χ0v) is 14.9. The summed E-state index contributed by atoms with van der Waals surface area (Å²) >= 11 is 1.40. The molecule has 3 heterocycles. The van der Waals surface area contributed by atoms with Gasteiger partial charge in [-0.15, -0.1) is 11.3 Å². The van der Waals surface area contributed by atoms with Crippen LogP contribution in [0.1, 0.15) is 4.88 Å². The Morgan fingerprint density at radius 2 is 1.93 bits per heavy atom. The summed E-state index contributed by atoms with van der Waals surface area (Å²) in [6.07, 6.45) is 1.91. The topological polar surface area (TPSA) is 73.1 Å². The number of rotatable bonds is 4. The molecule has 4 aromatic rings. The van der Waals surface area contributed by atoms with Crippen LogP contribution >= 0.6 is 11.3 Å². The summed E-state index contributed by atoms with van der Waals surface area (Å²) in [6, 6.07) is 15.5. The molecule has 1 N–H and O–H groups in total. The molecule has 0 unspecified atom stereocenters. The molecule has 0 spiro atoms. The second-order valence-electron chi connectivity index (χ2n) is 6.16. The van der Waals surface area contributed by atoms with Crippen molar-refractivity contribution in [2.45, 2.75) is 6.42 Å². The number of aliphatic carboxylic acids is 1. The van der Waals surface area contributed by atoms with Crippen molar-refractivity contribution in [3.05, 3.63) is 59.6 Å². The lowest BCUT2D eigenvalue weighted by Crippen LogP contribution is -2.00. The molecule has 5 rings (SSSR count). The maximum Gasteiger partial charge on any atom is 0.308 e. The van der Waals surface area contributed by atoms with E-state index >= 15 is 0 Å². The van der Waals surface area contributed by atoms with Gasteiger partial charge in [0.25, 0.3) is 0 Å². The number of fused-ring (bicyclic) bond motifs is 2. The predicted octanol–water partition coefficient (Wildman–Crippen LogP) is 4.09. The highest BCUT2D eigenvalue weighted by molar-refractivity contribution is 7.17. The Morgan fingerprint density at radius 1 is 1.11 bits per heavy atom. The molecule has 6 nitrogen and oxygen atoms in total. The van der Waals surface area contributed by atoms with Gasteiger partial charge < -0.3 is 14.6 Å². The fraction of sp³-hybridized carbons (Fsp3) is 0.100. The Bertz CT molecular complexity index is 1160. The summed E-state index contributed by atoms with van der Waals surface area (Å²) in [7, 11) is 0. The van der Waals surface area contributed by atoms with Crippen LogP contribution in [0.15, 0.2) is 54.7 Å². The molecular weight excluding hydrogens is 364 g/mol. The standard InChI is InChI=1S/C20H14N2O4S/c23-18(24)9-17-19(12-4-2-1-3-5-12)22-10-14(21-20(22)27-17)13-6-7-15-16(8-13)26-11-25-15/h1-8,10H,9,11H2,(H,23,24). The number of imidazole rings is 1. The first kappa shape index (κ1) is 15.9. The summed E-state index contributed by atoms with van der Waals surface area (Å²) in [5.74, 6) is 0.583. The van der Waals surface area contributed by atoms with Crippen molar-refractivity contribution < 1.29 is 19.4 Å². The zero-order valence-electron chi connectivity index (χ0n) is 14.1. The molecule has 134 valence electrons. The van der Waals surface area contributed by atoms with E-state index in [-0.39, 0.29) is 13.2 Å². The summed E-state index contributed by atoms with van der Waals surface area (Å²) in [6.45, 7) is 0.230. The van der Waals surface area contributed by atoms with Crippen LogP contribution in [-0.2, 0) is 11.2 Å². The third-order valence-electron chi connectivity index (χ3n) is 4.42. The zero-order chi connectivity index (χ0) is 18.4. The first-order valence-electron chi connectivity index (χ1n) is 8.37. The highest BCUT2D eigenvalue weighted by atomic mass is 32.1. The number of hydrogen-bond donors (Lipinski definition) is 1. The summed E-state index contributed by atoms with van der Waals surface area (Å²) in [4.78, 5) is 17.6. The normalized spacial score (nSPS) is 12.6. The van der Waals surface area contributed by atoms with Crippen LogP contribution < -0.4 is 9.47 Å². The number of ether oxygens (including phenoxy) is 2. The van der Waals surface area contributed by atoms with E-state index in [0.717, 1.165) is 38.1 Å². The second-order valence-corrected chi connectivity index (χ2v) is 7.22. The Hall–Kier alpha value is -3.32. The van der Waals surface area contributed by atoms with Gasteiger partial charge in [0.1, 0.15) is 0 Å². The fourth-order valence-corrected chi connectivity index (χ4v) is 4.35. The molecule has 0 radical (unpaired) electrons. The number of aromatic nitrogens is 2. The van der Waals surface area contributed by atoms with Crippen molar-refractivity contribution in [3.8, 4) is 34.0 Å². The van der Waals surface area contributed by atoms with Crippen molar-refractivity contribution >= 4 is 22.3 Å². The Labute approximate surface area is 158 Å². The van der Waals surface area contributed by atoms with Gasteiger partial charge in [0.15, 0.2) is 16.5 Å². The molecule has 0 fully saturated rings. The minimum Gasteiger partial charge on any atom is -0.481 e. The molecule has 27 heavy (non-hydrogen) atoms. The fourth-order valence-electron chi connectivity index (χ4n) is 3.24. The monoisotopic (exact) mass is 378 g/mol. The van der Waals surface area contributed by atoms with Crippen molar-refractivity contribution in [1.29, 1.82) is 0 Å². The molecular formula is C20H14N2O4S. The Morgan fingerprint density at radius 3 is 2.74 bits per heavy atom. The average molecular weight is 378 g/mol. The summed E-state index contributed by atoms with van der Waals surface area (Å²) in [5.41, 5.74) is 3.57. The van der Waals surface area contributed by atoms with E-state index < -0.39 is 5.97 Å². The van der Waals surface area contributed by atoms with Gasteiger partial charge >= 0.3 is 5.97 Å². The van der Waals surface area contributed by atoms with Gasteiger partial charge in [-0.25, -0.2) is 4.98 Å². The lowest BCUT2D eigenvalue weighted by molar-refractivity contribution is -0.136. The van der Waals surface area contributed by atoms with Gasteiger partial charge in [0.05, 0.1) is 17.8 Å². The molecule has 0 saturated carbocycles. The maximum atomic E-state index is 11.3. The van der Waals surface area contributed by atoms with Gasteiger partial charge in [-0.2, -0.15) is 0 Å². The van der Waals surface area contributed by atoms with E-state index in [0.29, 0.717) is 5.75 Å². The van der Waals surface area contributed by atoms with Gasteiger partial charge in [-0.1, -0.05) is 30.3 Å². The molecule has 0 bridgehead atoms. The third kappa shape index (κ3) is 2.72. The number of carboxylic acid groups (broad SMARTS) is 1. The van der Waals surface area contributed by atoms with Crippen LogP contribution in [0.5, 0.6) is 11.5 Å². The minimum absolute atomic E-state index is 0.0301. The van der Waals surface area contributed by atoms with Crippen LogP contribution in [0.3, 0.4) is 0 Å². The largest absolute Gasteiger partial charge is 0.481 e. The van der Waals surface area contributed by atoms with Crippen LogP contribution in [0, 0.1) is 0 Å². The van der Waals surface area contributed by atoms with Crippen molar-refractivity contribution in [2.75, 3.05) is 6.79 Å². The molecule has 1 aliphatic heterocycles. The molecule has 0 saturated heterocycles. The molecule has 2 aromatic carbocycles. The van der Waals surface area contributed by atoms with Gasteiger partial charge in [-0.05, 0) is 23.8 Å². The number of thiazole rings is 1. The Balaban J connectivity index is 1.66. The SMILES string of the molecule is O=C(O)Cc1sc2nc(-c3ccc4c(c3)OCO4)cn2c1-c1ccccc1. The number of nitrogens with zero attached hydrogens (tertiary/aromatic N) is 2. The van der Waals surface area contributed by atoms with Gasteiger partial charge in [0, 0.05) is 16.6 Å². The molecule has 0 aliphatic carbocycles. The smallest absolute Gasteiger partial charge is 0.308 e. The first-order chi connectivity index (χ1) is 13.2. The van der Waals surface area contributed by atoms with E-state index in [4.69, 9.17) is 14.5 Å². The third-order valence-corrected chi connectivity index (χ3v) is 5.48.